The van der Waals surface area contributed by atoms with E-state index in [4.69, 9.17) is 23.2 Å². The summed E-state index contributed by atoms with van der Waals surface area (Å²) in [6.45, 7) is 3.39. The number of nitrogens with zero attached hydrogens (tertiary/aromatic N) is 2. The van der Waals surface area contributed by atoms with Gasteiger partial charge in [0.1, 0.15) is 0 Å². The van der Waals surface area contributed by atoms with Crippen LogP contribution >= 0.6 is 23.2 Å². The number of carbonyl (C=O) groups is 1. The standard InChI is InChI=1S/C28H32Cl2N4O/c29-23-10-6-9-20(25(23)30)18-34(21-11-12-21)27(35)22-13-14-28(33-15-4-5-16-33)26(31-17-24(22)32-28)19-7-2-1-3-8-19/h1-3,6-10,13,21,24,26,31-32H,4-5,11-12,14-18H2. The van der Waals surface area contributed by atoms with E-state index in [2.05, 4.69) is 51.9 Å². The van der Waals surface area contributed by atoms with Crippen molar-refractivity contribution in [1.82, 2.24) is 20.4 Å². The first-order valence-electron chi connectivity index (χ1n) is 12.8. The van der Waals surface area contributed by atoms with E-state index < -0.39 is 0 Å². The van der Waals surface area contributed by atoms with Crippen LogP contribution in [0, 0.1) is 0 Å². The van der Waals surface area contributed by atoms with Gasteiger partial charge in [0.15, 0.2) is 0 Å². The first-order chi connectivity index (χ1) is 17.1. The summed E-state index contributed by atoms with van der Waals surface area (Å²) in [5.41, 5.74) is 2.86. The molecule has 3 aliphatic heterocycles. The number of amides is 1. The molecular weight excluding hydrogens is 479 g/mol. The van der Waals surface area contributed by atoms with Gasteiger partial charge in [-0.05, 0) is 49.3 Å². The average molecular weight is 511 g/mol. The molecule has 2 aromatic rings. The minimum Gasteiger partial charge on any atom is -0.332 e. The maximum Gasteiger partial charge on any atom is 0.251 e. The molecule has 3 unspecified atom stereocenters. The Labute approximate surface area is 217 Å². The van der Waals surface area contributed by atoms with E-state index in [1.54, 1.807) is 6.07 Å². The lowest BCUT2D eigenvalue weighted by Crippen LogP contribution is -2.73. The minimum absolute atomic E-state index is 0.0205. The summed E-state index contributed by atoms with van der Waals surface area (Å²) in [6.07, 6.45) is 7.56. The van der Waals surface area contributed by atoms with Crippen LogP contribution in [0.5, 0.6) is 0 Å². The number of hydrogen-bond acceptors (Lipinski definition) is 4. The molecule has 3 fully saturated rings. The van der Waals surface area contributed by atoms with Crippen molar-refractivity contribution < 1.29 is 4.79 Å². The van der Waals surface area contributed by atoms with Gasteiger partial charge < -0.3 is 10.2 Å². The zero-order valence-electron chi connectivity index (χ0n) is 19.9. The highest BCUT2D eigenvalue weighted by Gasteiger charge is 2.52. The molecule has 7 heteroatoms. The van der Waals surface area contributed by atoms with Crippen molar-refractivity contribution >= 4 is 29.1 Å². The Morgan fingerprint density at radius 2 is 1.83 bits per heavy atom. The summed E-state index contributed by atoms with van der Waals surface area (Å²) in [7, 11) is 0. The second-order valence-electron chi connectivity index (χ2n) is 10.3. The number of halogens is 2. The maximum atomic E-state index is 14.0. The van der Waals surface area contributed by atoms with Crippen LogP contribution in [0.3, 0.4) is 0 Å². The normalized spacial score (nSPS) is 28.6. The van der Waals surface area contributed by atoms with Crippen molar-refractivity contribution in [3.63, 3.8) is 0 Å². The second-order valence-corrected chi connectivity index (χ2v) is 11.1. The lowest BCUT2D eigenvalue weighted by Gasteiger charge is -2.56. The molecule has 2 aromatic carbocycles. The van der Waals surface area contributed by atoms with Gasteiger partial charge in [0.25, 0.3) is 5.91 Å². The minimum atomic E-state index is -0.217. The molecule has 4 aliphatic rings. The topological polar surface area (TPSA) is 47.6 Å². The lowest BCUT2D eigenvalue weighted by atomic mass is 9.80. The lowest BCUT2D eigenvalue weighted by molar-refractivity contribution is -0.129. The molecule has 184 valence electrons. The Hall–Kier alpha value is -1.89. The number of carbonyl (C=O) groups excluding carboxylic acids is 1. The second kappa shape index (κ2) is 9.53. The molecule has 3 atom stereocenters. The van der Waals surface area contributed by atoms with Gasteiger partial charge in [-0.25, -0.2) is 0 Å². The molecule has 1 amide bonds. The molecule has 1 saturated carbocycles. The van der Waals surface area contributed by atoms with E-state index in [0.29, 0.717) is 16.6 Å². The summed E-state index contributed by atoms with van der Waals surface area (Å²) in [4.78, 5) is 18.6. The van der Waals surface area contributed by atoms with Gasteiger partial charge in [-0.15, -0.1) is 0 Å². The van der Waals surface area contributed by atoms with Gasteiger partial charge in [-0.1, -0.05) is 71.7 Å². The van der Waals surface area contributed by atoms with Crippen molar-refractivity contribution in [1.29, 1.82) is 0 Å². The number of nitrogens with one attached hydrogen (secondary N) is 2. The third-order valence-electron chi connectivity index (χ3n) is 8.11. The maximum absolute atomic E-state index is 14.0. The van der Waals surface area contributed by atoms with Crippen LogP contribution < -0.4 is 10.6 Å². The largest absolute Gasteiger partial charge is 0.332 e. The highest BCUT2D eigenvalue weighted by atomic mass is 35.5. The van der Waals surface area contributed by atoms with Gasteiger partial charge in [0, 0.05) is 37.8 Å². The van der Waals surface area contributed by atoms with E-state index in [-0.39, 0.29) is 29.7 Å². The molecule has 2 bridgehead atoms. The summed E-state index contributed by atoms with van der Waals surface area (Å²) < 4.78 is 0. The molecule has 0 radical (unpaired) electrons. The first kappa shape index (κ1) is 23.5. The highest BCUT2D eigenvalue weighted by Crippen LogP contribution is 2.42. The monoisotopic (exact) mass is 510 g/mol. The number of benzene rings is 2. The van der Waals surface area contributed by atoms with Crippen molar-refractivity contribution in [2.75, 3.05) is 19.6 Å². The molecule has 0 aromatic heterocycles. The summed E-state index contributed by atoms with van der Waals surface area (Å²) in [5, 5.41) is 8.90. The van der Waals surface area contributed by atoms with Crippen LogP contribution in [0.1, 0.15) is 49.3 Å². The van der Waals surface area contributed by atoms with Crippen LogP contribution in [-0.2, 0) is 11.3 Å². The zero-order chi connectivity index (χ0) is 24.0. The zero-order valence-corrected chi connectivity index (χ0v) is 21.4. The smallest absolute Gasteiger partial charge is 0.251 e. The van der Waals surface area contributed by atoms with Crippen molar-refractivity contribution in [2.45, 2.75) is 62.4 Å². The Bertz CT molecular complexity index is 1130. The van der Waals surface area contributed by atoms with E-state index in [1.165, 1.54) is 18.4 Å². The fraction of sp³-hybridized carbons (Fsp3) is 0.464. The molecule has 2 N–H and O–H groups in total. The predicted molar refractivity (Wildman–Crippen MR) is 140 cm³/mol. The molecule has 5 nitrogen and oxygen atoms in total. The quantitative estimate of drug-likeness (QED) is 0.579. The number of fused-ring (bicyclic) bond motifs is 2. The number of piperazine rings is 1. The SMILES string of the molecule is O=C(C1=CCC2(N3CCCC3)NC1CNC2c1ccccc1)N(Cc1cccc(Cl)c1Cl)C1CC1. The Morgan fingerprint density at radius 1 is 1.06 bits per heavy atom. The van der Waals surface area contributed by atoms with E-state index in [9.17, 15) is 4.79 Å². The molecule has 3 heterocycles. The van der Waals surface area contributed by atoms with E-state index in [0.717, 1.165) is 50.0 Å². The van der Waals surface area contributed by atoms with Gasteiger partial charge in [-0.2, -0.15) is 0 Å². The predicted octanol–water partition coefficient (Wildman–Crippen LogP) is 4.91. The molecule has 0 spiro atoms. The van der Waals surface area contributed by atoms with Gasteiger partial charge >= 0.3 is 0 Å². The van der Waals surface area contributed by atoms with Gasteiger partial charge in [0.05, 0.1) is 27.8 Å². The van der Waals surface area contributed by atoms with Crippen LogP contribution in [0.25, 0.3) is 0 Å². The average Bonchev–Trinajstić information content (AvgIpc) is 3.56. The van der Waals surface area contributed by atoms with E-state index >= 15 is 0 Å². The molecular formula is C28H32Cl2N4O. The molecule has 6 rings (SSSR count). The van der Waals surface area contributed by atoms with Crippen molar-refractivity contribution in [2.24, 2.45) is 0 Å². The molecule has 35 heavy (non-hydrogen) atoms. The summed E-state index contributed by atoms with van der Waals surface area (Å²) in [5.74, 6) is 0.121. The Balaban J connectivity index is 1.30. The van der Waals surface area contributed by atoms with Crippen molar-refractivity contribution in [3.8, 4) is 0 Å². The van der Waals surface area contributed by atoms with Crippen LogP contribution in [0.4, 0.5) is 0 Å². The van der Waals surface area contributed by atoms with Crippen LogP contribution in [0.2, 0.25) is 10.0 Å². The summed E-state index contributed by atoms with van der Waals surface area (Å²) in [6, 6.07) is 16.8. The molecule has 1 aliphatic carbocycles. The van der Waals surface area contributed by atoms with Gasteiger partial charge in [-0.3, -0.25) is 15.0 Å². The Morgan fingerprint density at radius 3 is 2.57 bits per heavy atom. The number of hydrogen-bond donors (Lipinski definition) is 2. The summed E-state index contributed by atoms with van der Waals surface area (Å²) >= 11 is 12.8. The third kappa shape index (κ3) is 4.32. The van der Waals surface area contributed by atoms with Crippen LogP contribution in [0.15, 0.2) is 60.2 Å². The number of likely N-dealkylation sites (tertiary alicyclic amines) is 1. The third-order valence-corrected chi connectivity index (χ3v) is 8.97. The van der Waals surface area contributed by atoms with Gasteiger partial charge in [0.2, 0.25) is 0 Å². The fourth-order valence-corrected chi connectivity index (χ4v) is 6.56. The first-order valence-corrected chi connectivity index (χ1v) is 13.6. The van der Waals surface area contributed by atoms with E-state index in [1.807, 2.05) is 17.0 Å². The number of rotatable bonds is 6. The molecule has 2 saturated heterocycles. The Kier molecular flexibility index (Phi) is 6.40. The van der Waals surface area contributed by atoms with Crippen LogP contribution in [-0.4, -0.2) is 53.1 Å². The van der Waals surface area contributed by atoms with Crippen molar-refractivity contribution in [3.05, 3.63) is 81.4 Å². The fourth-order valence-electron chi connectivity index (χ4n) is 6.18. The highest BCUT2D eigenvalue weighted by molar-refractivity contribution is 6.42.